The molecular formula is C20H19N3O3. The van der Waals surface area contributed by atoms with E-state index < -0.39 is 0 Å². The summed E-state index contributed by atoms with van der Waals surface area (Å²) in [5.74, 6) is 0.489. The number of carbonyl (C=O) groups is 1. The highest BCUT2D eigenvalue weighted by Crippen LogP contribution is 2.40. The maximum absolute atomic E-state index is 12.8. The summed E-state index contributed by atoms with van der Waals surface area (Å²) in [6.45, 7) is 0. The van der Waals surface area contributed by atoms with Gasteiger partial charge in [0.2, 0.25) is 0 Å². The number of para-hydroxylation sites is 1. The lowest BCUT2D eigenvalue weighted by Crippen LogP contribution is -2.16. The number of hydrogen-bond donors (Lipinski definition) is 2. The number of amides is 1. The van der Waals surface area contributed by atoms with Gasteiger partial charge in [0, 0.05) is 17.7 Å². The van der Waals surface area contributed by atoms with Gasteiger partial charge in [-0.15, -0.1) is 0 Å². The Balaban J connectivity index is 1.66. The summed E-state index contributed by atoms with van der Waals surface area (Å²) in [7, 11) is 1.48. The summed E-state index contributed by atoms with van der Waals surface area (Å²) in [5.41, 5.74) is 2.73. The fraction of sp³-hybridized carbons (Fsp3) is 0.200. The maximum atomic E-state index is 12.8. The number of aromatic nitrogens is 2. The zero-order chi connectivity index (χ0) is 18.1. The van der Waals surface area contributed by atoms with Gasteiger partial charge in [-0.05, 0) is 43.2 Å². The molecule has 0 radical (unpaired) electrons. The molecule has 132 valence electrons. The van der Waals surface area contributed by atoms with Crippen LogP contribution in [0.4, 0.5) is 5.69 Å². The van der Waals surface area contributed by atoms with Crippen LogP contribution in [0, 0.1) is 0 Å². The molecule has 4 rings (SSSR count). The van der Waals surface area contributed by atoms with Crippen LogP contribution >= 0.6 is 0 Å². The predicted molar refractivity (Wildman–Crippen MR) is 98.2 cm³/mol. The fourth-order valence-corrected chi connectivity index (χ4v) is 2.87. The molecule has 0 saturated heterocycles. The van der Waals surface area contributed by atoms with Gasteiger partial charge in [-0.2, -0.15) is 5.10 Å². The SMILES string of the molecule is COc1ccc(NC(=O)c2cc(C3CC3)nn2-c2ccccc2)cc1O. The van der Waals surface area contributed by atoms with Crippen LogP contribution in [0.5, 0.6) is 11.5 Å². The number of aromatic hydroxyl groups is 1. The van der Waals surface area contributed by atoms with E-state index in [2.05, 4.69) is 10.4 Å². The molecule has 0 aliphatic heterocycles. The van der Waals surface area contributed by atoms with E-state index in [1.54, 1.807) is 16.8 Å². The number of benzene rings is 2. The van der Waals surface area contributed by atoms with E-state index in [9.17, 15) is 9.90 Å². The first-order valence-electron chi connectivity index (χ1n) is 8.49. The van der Waals surface area contributed by atoms with Crippen LogP contribution in [-0.2, 0) is 0 Å². The number of nitrogens with zero attached hydrogens (tertiary/aromatic N) is 2. The Hall–Kier alpha value is -3.28. The molecule has 0 atom stereocenters. The number of rotatable bonds is 5. The van der Waals surface area contributed by atoms with E-state index in [0.29, 0.717) is 23.0 Å². The number of ether oxygens (including phenoxy) is 1. The number of carbonyl (C=O) groups excluding carboxylic acids is 1. The van der Waals surface area contributed by atoms with Crippen LogP contribution in [-0.4, -0.2) is 27.9 Å². The monoisotopic (exact) mass is 349 g/mol. The number of nitrogens with one attached hydrogen (secondary N) is 1. The van der Waals surface area contributed by atoms with Crippen molar-refractivity contribution in [1.29, 1.82) is 0 Å². The van der Waals surface area contributed by atoms with Gasteiger partial charge in [0.05, 0.1) is 18.5 Å². The van der Waals surface area contributed by atoms with Crippen LogP contribution in [0.3, 0.4) is 0 Å². The molecule has 1 aliphatic carbocycles. The third-order valence-electron chi connectivity index (χ3n) is 4.39. The first kappa shape index (κ1) is 16.2. The van der Waals surface area contributed by atoms with Gasteiger partial charge in [-0.3, -0.25) is 4.79 Å². The van der Waals surface area contributed by atoms with Gasteiger partial charge in [-0.25, -0.2) is 4.68 Å². The summed E-state index contributed by atoms with van der Waals surface area (Å²) >= 11 is 0. The lowest BCUT2D eigenvalue weighted by Gasteiger charge is -2.10. The average molecular weight is 349 g/mol. The number of phenols is 1. The molecule has 1 saturated carbocycles. The zero-order valence-corrected chi connectivity index (χ0v) is 14.3. The van der Waals surface area contributed by atoms with Crippen LogP contribution in [0.1, 0.15) is 34.9 Å². The second-order valence-corrected chi connectivity index (χ2v) is 6.32. The molecule has 2 aromatic carbocycles. The molecule has 0 spiro atoms. The first-order valence-corrected chi connectivity index (χ1v) is 8.49. The topological polar surface area (TPSA) is 76.4 Å². The Morgan fingerprint density at radius 2 is 1.96 bits per heavy atom. The first-order chi connectivity index (χ1) is 12.7. The quantitative estimate of drug-likeness (QED) is 0.736. The third kappa shape index (κ3) is 3.13. The predicted octanol–water partition coefficient (Wildman–Crippen LogP) is 3.72. The summed E-state index contributed by atoms with van der Waals surface area (Å²) in [4.78, 5) is 12.8. The summed E-state index contributed by atoms with van der Waals surface area (Å²) in [5, 5.41) is 17.4. The van der Waals surface area contributed by atoms with E-state index in [1.807, 2.05) is 36.4 Å². The Kier molecular flexibility index (Phi) is 4.08. The van der Waals surface area contributed by atoms with Gasteiger partial charge >= 0.3 is 0 Å². The summed E-state index contributed by atoms with van der Waals surface area (Å²) in [6, 6.07) is 16.2. The highest BCUT2D eigenvalue weighted by molar-refractivity contribution is 6.03. The van der Waals surface area contributed by atoms with Crippen LogP contribution in [0.25, 0.3) is 5.69 Å². The molecule has 1 aliphatic rings. The molecule has 2 N–H and O–H groups in total. The largest absolute Gasteiger partial charge is 0.504 e. The fourth-order valence-electron chi connectivity index (χ4n) is 2.87. The summed E-state index contributed by atoms with van der Waals surface area (Å²) < 4.78 is 6.70. The normalized spacial score (nSPS) is 13.4. The van der Waals surface area contributed by atoms with Crippen molar-refractivity contribution in [1.82, 2.24) is 9.78 Å². The minimum absolute atomic E-state index is 0.0273. The third-order valence-corrected chi connectivity index (χ3v) is 4.39. The molecule has 1 fully saturated rings. The molecule has 6 heteroatoms. The molecule has 1 aromatic heterocycles. The van der Waals surface area contributed by atoms with Crippen LogP contribution < -0.4 is 10.1 Å². The number of anilines is 1. The van der Waals surface area contributed by atoms with Crippen molar-refractivity contribution in [3.63, 3.8) is 0 Å². The molecule has 0 unspecified atom stereocenters. The Bertz CT molecular complexity index is 946. The van der Waals surface area contributed by atoms with E-state index in [-0.39, 0.29) is 11.7 Å². The van der Waals surface area contributed by atoms with Crippen molar-refractivity contribution in [2.45, 2.75) is 18.8 Å². The lowest BCUT2D eigenvalue weighted by molar-refractivity contribution is 0.101. The van der Waals surface area contributed by atoms with E-state index >= 15 is 0 Å². The van der Waals surface area contributed by atoms with Gasteiger partial charge in [-0.1, -0.05) is 18.2 Å². The number of hydrogen-bond acceptors (Lipinski definition) is 4. The summed E-state index contributed by atoms with van der Waals surface area (Å²) in [6.07, 6.45) is 2.22. The van der Waals surface area contributed by atoms with E-state index in [1.165, 1.54) is 13.2 Å². The molecule has 6 nitrogen and oxygen atoms in total. The van der Waals surface area contributed by atoms with Crippen molar-refractivity contribution >= 4 is 11.6 Å². The Labute approximate surface area is 151 Å². The van der Waals surface area contributed by atoms with Crippen molar-refractivity contribution in [3.8, 4) is 17.2 Å². The number of methoxy groups -OCH3 is 1. The molecule has 3 aromatic rings. The second kappa shape index (κ2) is 6.55. The molecular weight excluding hydrogens is 330 g/mol. The Morgan fingerprint density at radius 1 is 1.19 bits per heavy atom. The average Bonchev–Trinajstić information content (AvgIpc) is 3.41. The molecule has 26 heavy (non-hydrogen) atoms. The van der Waals surface area contributed by atoms with Gasteiger partial charge in [0.25, 0.3) is 5.91 Å². The second-order valence-electron chi connectivity index (χ2n) is 6.32. The van der Waals surface area contributed by atoms with Gasteiger partial charge in [0.1, 0.15) is 5.69 Å². The molecule has 1 amide bonds. The smallest absolute Gasteiger partial charge is 0.274 e. The van der Waals surface area contributed by atoms with Crippen molar-refractivity contribution in [2.24, 2.45) is 0 Å². The van der Waals surface area contributed by atoms with Gasteiger partial charge < -0.3 is 15.2 Å². The van der Waals surface area contributed by atoms with E-state index in [0.717, 1.165) is 24.2 Å². The zero-order valence-electron chi connectivity index (χ0n) is 14.3. The standard InChI is InChI=1S/C20H19N3O3/c1-26-19-10-9-14(11-18(19)24)21-20(25)17-12-16(13-7-8-13)22-23(17)15-5-3-2-4-6-15/h2-6,9-13,24H,7-8H2,1H3,(H,21,25). The highest BCUT2D eigenvalue weighted by atomic mass is 16.5. The Morgan fingerprint density at radius 3 is 2.62 bits per heavy atom. The van der Waals surface area contributed by atoms with Crippen molar-refractivity contribution < 1.29 is 14.6 Å². The van der Waals surface area contributed by atoms with Gasteiger partial charge in [0.15, 0.2) is 11.5 Å². The molecule has 0 bridgehead atoms. The van der Waals surface area contributed by atoms with Crippen molar-refractivity contribution in [3.05, 3.63) is 66.0 Å². The van der Waals surface area contributed by atoms with Crippen molar-refractivity contribution in [2.75, 3.05) is 12.4 Å². The molecule has 1 heterocycles. The minimum Gasteiger partial charge on any atom is -0.504 e. The van der Waals surface area contributed by atoms with Crippen LogP contribution in [0.2, 0.25) is 0 Å². The maximum Gasteiger partial charge on any atom is 0.274 e. The van der Waals surface area contributed by atoms with Crippen LogP contribution in [0.15, 0.2) is 54.6 Å². The highest BCUT2D eigenvalue weighted by Gasteiger charge is 2.29. The number of phenolic OH excluding ortho intramolecular Hbond substituents is 1. The minimum atomic E-state index is -0.280. The lowest BCUT2D eigenvalue weighted by atomic mass is 10.2. The van der Waals surface area contributed by atoms with E-state index in [4.69, 9.17) is 4.74 Å².